The first kappa shape index (κ1) is 19.7. The molecule has 23 heavy (non-hydrogen) atoms. The molecule has 1 fully saturated rings. The summed E-state index contributed by atoms with van der Waals surface area (Å²) in [4.78, 5) is 13.6. The maximum Gasteiger partial charge on any atom is 0.416 e. The van der Waals surface area contributed by atoms with Crippen LogP contribution in [-0.4, -0.2) is 29.9 Å². The molecule has 1 amide bonds. The molecule has 1 aliphatic heterocycles. The monoisotopic (exact) mass is 354 g/mol. The molecule has 1 aromatic rings. The van der Waals surface area contributed by atoms with Gasteiger partial charge in [0.15, 0.2) is 0 Å². The van der Waals surface area contributed by atoms with Crippen molar-refractivity contribution in [2.45, 2.75) is 32.0 Å². The van der Waals surface area contributed by atoms with Crippen LogP contribution in [-0.2, 0) is 6.18 Å². The first-order valence-corrected chi connectivity index (χ1v) is 7.11. The van der Waals surface area contributed by atoms with E-state index >= 15 is 0 Å². The smallest absolute Gasteiger partial charge is 0.339 e. The van der Waals surface area contributed by atoms with Crippen LogP contribution in [0.25, 0.3) is 0 Å². The lowest BCUT2D eigenvalue weighted by Crippen LogP contribution is -2.42. The third-order valence-corrected chi connectivity index (χ3v) is 4.09. The van der Waals surface area contributed by atoms with Crippen LogP contribution in [0.3, 0.4) is 0 Å². The molecule has 130 valence electrons. The van der Waals surface area contributed by atoms with Crippen molar-refractivity contribution in [1.82, 2.24) is 4.90 Å². The molecule has 3 nitrogen and oxygen atoms in total. The molecule has 1 unspecified atom stereocenters. The van der Waals surface area contributed by atoms with Crippen LogP contribution in [0, 0.1) is 11.7 Å². The van der Waals surface area contributed by atoms with E-state index in [9.17, 15) is 22.4 Å². The number of alkyl halides is 3. The second-order valence-electron chi connectivity index (χ2n) is 5.68. The molecule has 0 saturated carbocycles. The SMILES string of the molecule is CC(N)C1CCN(C(=O)c2cc(C(F)(F)F)ccc2F)CC1.Cl. The summed E-state index contributed by atoms with van der Waals surface area (Å²) in [5.74, 6) is -1.37. The summed E-state index contributed by atoms with van der Waals surface area (Å²) in [5.41, 5.74) is 4.24. The Morgan fingerprint density at radius 3 is 2.35 bits per heavy atom. The quantitative estimate of drug-likeness (QED) is 0.827. The van der Waals surface area contributed by atoms with Crippen molar-refractivity contribution in [3.8, 4) is 0 Å². The molecule has 1 atom stereocenters. The number of amides is 1. The minimum absolute atomic E-state index is 0. The summed E-state index contributed by atoms with van der Waals surface area (Å²) < 4.78 is 51.8. The zero-order valence-electron chi connectivity index (χ0n) is 12.6. The molecular weight excluding hydrogens is 336 g/mol. The standard InChI is InChI=1S/C15H18F4N2O.ClH/c1-9(20)10-4-6-21(7-5-10)14(22)12-8-11(15(17,18)19)2-3-13(12)16;/h2-3,8-10H,4-7,20H2,1H3;1H. The number of nitrogens with zero attached hydrogens (tertiary/aromatic N) is 1. The van der Waals surface area contributed by atoms with Crippen LogP contribution in [0.5, 0.6) is 0 Å². The van der Waals surface area contributed by atoms with E-state index in [-0.39, 0.29) is 24.4 Å². The molecule has 1 aliphatic rings. The second-order valence-corrected chi connectivity index (χ2v) is 5.68. The van der Waals surface area contributed by atoms with Gasteiger partial charge < -0.3 is 10.6 Å². The van der Waals surface area contributed by atoms with Crippen molar-refractivity contribution in [1.29, 1.82) is 0 Å². The number of benzene rings is 1. The van der Waals surface area contributed by atoms with Gasteiger partial charge in [0.25, 0.3) is 5.91 Å². The van der Waals surface area contributed by atoms with Gasteiger partial charge in [-0.15, -0.1) is 12.4 Å². The van der Waals surface area contributed by atoms with Gasteiger partial charge in [-0.1, -0.05) is 0 Å². The van der Waals surface area contributed by atoms with Gasteiger partial charge in [0.1, 0.15) is 5.82 Å². The van der Waals surface area contributed by atoms with Crippen molar-refractivity contribution in [2.75, 3.05) is 13.1 Å². The number of likely N-dealkylation sites (tertiary alicyclic amines) is 1. The fourth-order valence-corrected chi connectivity index (χ4v) is 2.66. The van der Waals surface area contributed by atoms with Crippen LogP contribution >= 0.6 is 12.4 Å². The van der Waals surface area contributed by atoms with Gasteiger partial charge in [0.05, 0.1) is 11.1 Å². The number of piperidine rings is 1. The molecule has 0 aromatic heterocycles. The molecule has 0 spiro atoms. The normalized spacial score (nSPS) is 17.6. The minimum Gasteiger partial charge on any atom is -0.339 e. The summed E-state index contributed by atoms with van der Waals surface area (Å²) in [6.07, 6.45) is -3.27. The van der Waals surface area contributed by atoms with Gasteiger partial charge in [-0.05, 0) is 43.9 Å². The number of halogens is 5. The van der Waals surface area contributed by atoms with Gasteiger partial charge in [-0.3, -0.25) is 4.79 Å². The lowest BCUT2D eigenvalue weighted by atomic mass is 9.90. The molecular formula is C15H19ClF4N2O. The van der Waals surface area contributed by atoms with E-state index in [1.165, 1.54) is 4.90 Å². The highest BCUT2D eigenvalue weighted by Gasteiger charge is 2.33. The Hall–Kier alpha value is -1.34. The van der Waals surface area contributed by atoms with Gasteiger partial charge in [0, 0.05) is 19.1 Å². The molecule has 2 rings (SSSR count). The number of hydrogen-bond acceptors (Lipinski definition) is 2. The van der Waals surface area contributed by atoms with Crippen molar-refractivity contribution in [2.24, 2.45) is 11.7 Å². The van der Waals surface area contributed by atoms with Crippen LogP contribution in [0.15, 0.2) is 18.2 Å². The van der Waals surface area contributed by atoms with Crippen LogP contribution in [0.4, 0.5) is 17.6 Å². The highest BCUT2D eigenvalue weighted by atomic mass is 35.5. The summed E-state index contributed by atoms with van der Waals surface area (Å²) in [7, 11) is 0. The second kappa shape index (κ2) is 7.49. The Kier molecular flexibility index (Phi) is 6.41. The fraction of sp³-hybridized carbons (Fsp3) is 0.533. The Morgan fingerprint density at radius 1 is 1.30 bits per heavy atom. The van der Waals surface area contributed by atoms with Crippen LogP contribution in [0.1, 0.15) is 35.7 Å². The van der Waals surface area contributed by atoms with Gasteiger partial charge in [-0.2, -0.15) is 13.2 Å². The zero-order valence-corrected chi connectivity index (χ0v) is 13.4. The lowest BCUT2D eigenvalue weighted by Gasteiger charge is -2.33. The molecule has 2 N–H and O–H groups in total. The highest BCUT2D eigenvalue weighted by Crippen LogP contribution is 2.31. The minimum atomic E-state index is -4.61. The van der Waals surface area contributed by atoms with Crippen molar-refractivity contribution < 1.29 is 22.4 Å². The first-order chi connectivity index (χ1) is 10.2. The van der Waals surface area contributed by atoms with Crippen LogP contribution in [0.2, 0.25) is 0 Å². The highest BCUT2D eigenvalue weighted by molar-refractivity contribution is 5.94. The Morgan fingerprint density at radius 2 is 1.87 bits per heavy atom. The summed E-state index contributed by atoms with van der Waals surface area (Å²) >= 11 is 0. The van der Waals surface area contributed by atoms with E-state index in [1.54, 1.807) is 0 Å². The third-order valence-electron chi connectivity index (χ3n) is 4.09. The predicted molar refractivity (Wildman–Crippen MR) is 80.9 cm³/mol. The average Bonchev–Trinajstić information content (AvgIpc) is 2.46. The van der Waals surface area contributed by atoms with E-state index in [0.29, 0.717) is 44.1 Å². The maximum absolute atomic E-state index is 13.7. The molecule has 8 heteroatoms. The Balaban J connectivity index is 0.00000264. The molecule has 1 saturated heterocycles. The largest absolute Gasteiger partial charge is 0.416 e. The van der Waals surface area contributed by atoms with E-state index < -0.39 is 29.0 Å². The lowest BCUT2D eigenvalue weighted by molar-refractivity contribution is -0.137. The van der Waals surface area contributed by atoms with Crippen molar-refractivity contribution >= 4 is 18.3 Å². The summed E-state index contributed by atoms with van der Waals surface area (Å²) in [6.45, 7) is 2.63. The predicted octanol–water partition coefficient (Wildman–Crippen LogP) is 3.47. The van der Waals surface area contributed by atoms with E-state index in [1.807, 2.05) is 6.92 Å². The number of carbonyl (C=O) groups excluding carboxylic acids is 1. The topological polar surface area (TPSA) is 46.3 Å². The Bertz CT molecular complexity index is 555. The molecule has 1 heterocycles. The Labute approximate surface area is 138 Å². The molecule has 1 aromatic carbocycles. The number of rotatable bonds is 2. The van der Waals surface area contributed by atoms with E-state index in [2.05, 4.69) is 0 Å². The third kappa shape index (κ3) is 4.57. The van der Waals surface area contributed by atoms with E-state index in [0.717, 1.165) is 0 Å². The van der Waals surface area contributed by atoms with E-state index in [4.69, 9.17) is 5.73 Å². The number of nitrogens with two attached hydrogens (primary N) is 1. The van der Waals surface area contributed by atoms with Gasteiger partial charge in [0.2, 0.25) is 0 Å². The number of carbonyl (C=O) groups is 1. The molecule has 0 bridgehead atoms. The zero-order chi connectivity index (χ0) is 16.5. The van der Waals surface area contributed by atoms with Crippen molar-refractivity contribution in [3.63, 3.8) is 0 Å². The van der Waals surface area contributed by atoms with Gasteiger partial charge in [-0.25, -0.2) is 4.39 Å². The first-order valence-electron chi connectivity index (χ1n) is 7.11. The summed E-state index contributed by atoms with van der Waals surface area (Å²) in [5, 5.41) is 0. The maximum atomic E-state index is 13.7. The van der Waals surface area contributed by atoms with Crippen LogP contribution < -0.4 is 5.73 Å². The fourth-order valence-electron chi connectivity index (χ4n) is 2.66. The molecule has 0 aliphatic carbocycles. The average molecular weight is 355 g/mol. The van der Waals surface area contributed by atoms with Crippen molar-refractivity contribution in [3.05, 3.63) is 35.1 Å². The number of hydrogen-bond donors (Lipinski definition) is 1. The molecule has 0 radical (unpaired) electrons. The van der Waals surface area contributed by atoms with Gasteiger partial charge >= 0.3 is 6.18 Å². The summed E-state index contributed by atoms with van der Waals surface area (Å²) in [6, 6.07) is 1.90.